The van der Waals surface area contributed by atoms with Crippen LogP contribution in [0.2, 0.25) is 0 Å². The van der Waals surface area contributed by atoms with Gasteiger partial charge in [-0.15, -0.1) is 0 Å². The molecule has 0 saturated carbocycles. The van der Waals surface area contributed by atoms with Gasteiger partial charge in [0.05, 0.1) is 7.11 Å². The van der Waals surface area contributed by atoms with Crippen molar-refractivity contribution in [2.24, 2.45) is 5.41 Å². The number of nitrogens with one attached hydrogen (secondary N) is 1. The summed E-state index contributed by atoms with van der Waals surface area (Å²) in [6, 6.07) is 5.76. The molecule has 2 N–H and O–H groups in total. The molecule has 4 nitrogen and oxygen atoms in total. The SMILES string of the molecule is C/C=C/c1ccc(OCC(O)CNC(C)(C)CC(C)(C)C)c(OC)c1. The summed E-state index contributed by atoms with van der Waals surface area (Å²) in [5, 5.41) is 13.7. The average molecular weight is 350 g/mol. The van der Waals surface area contributed by atoms with Crippen molar-refractivity contribution in [2.45, 2.75) is 59.6 Å². The molecule has 25 heavy (non-hydrogen) atoms. The molecular weight excluding hydrogens is 314 g/mol. The Balaban J connectivity index is 2.55. The van der Waals surface area contributed by atoms with Gasteiger partial charge in [-0.3, -0.25) is 0 Å². The van der Waals surface area contributed by atoms with E-state index in [0.717, 1.165) is 12.0 Å². The first-order valence-corrected chi connectivity index (χ1v) is 8.93. The summed E-state index contributed by atoms with van der Waals surface area (Å²) in [6.07, 6.45) is 4.42. The minimum absolute atomic E-state index is 0.0367. The fraction of sp³-hybridized carbons (Fsp3) is 0.619. The van der Waals surface area contributed by atoms with Crippen LogP contribution in [0.4, 0.5) is 0 Å². The van der Waals surface area contributed by atoms with E-state index in [0.29, 0.717) is 18.0 Å². The topological polar surface area (TPSA) is 50.7 Å². The highest BCUT2D eigenvalue weighted by molar-refractivity contribution is 5.55. The maximum Gasteiger partial charge on any atom is 0.161 e. The second-order valence-electron chi connectivity index (χ2n) is 8.38. The zero-order valence-corrected chi connectivity index (χ0v) is 16.8. The van der Waals surface area contributed by atoms with Crippen molar-refractivity contribution < 1.29 is 14.6 Å². The van der Waals surface area contributed by atoms with Crippen molar-refractivity contribution in [1.29, 1.82) is 0 Å². The Bertz CT molecular complexity index is 559. The lowest BCUT2D eigenvalue weighted by molar-refractivity contribution is 0.0930. The largest absolute Gasteiger partial charge is 0.493 e. The summed E-state index contributed by atoms with van der Waals surface area (Å²) in [5.41, 5.74) is 1.25. The van der Waals surface area contributed by atoms with Crippen LogP contribution in [0.1, 0.15) is 53.5 Å². The maximum absolute atomic E-state index is 10.2. The number of aliphatic hydroxyl groups excluding tert-OH is 1. The molecule has 0 fully saturated rings. The minimum Gasteiger partial charge on any atom is -0.493 e. The molecule has 0 amide bonds. The van der Waals surface area contributed by atoms with Crippen LogP contribution in [0.3, 0.4) is 0 Å². The van der Waals surface area contributed by atoms with Crippen LogP contribution in [0.25, 0.3) is 6.08 Å². The Morgan fingerprint density at radius 3 is 2.40 bits per heavy atom. The van der Waals surface area contributed by atoms with E-state index in [9.17, 15) is 5.11 Å². The third-order valence-corrected chi connectivity index (χ3v) is 3.77. The normalized spacial score (nSPS) is 13.9. The molecule has 0 aliphatic carbocycles. The smallest absolute Gasteiger partial charge is 0.161 e. The molecule has 0 heterocycles. The van der Waals surface area contributed by atoms with Crippen LogP contribution >= 0.6 is 0 Å². The standard InChI is InChI=1S/C21H35NO3/c1-8-9-16-10-11-18(19(12-16)24-7)25-14-17(23)13-22-21(5,6)15-20(2,3)4/h8-12,17,22-23H,13-15H2,1-7H3/b9-8+. The van der Waals surface area contributed by atoms with E-state index in [-0.39, 0.29) is 17.6 Å². The van der Waals surface area contributed by atoms with Gasteiger partial charge in [0.15, 0.2) is 11.5 Å². The van der Waals surface area contributed by atoms with E-state index < -0.39 is 6.10 Å². The molecule has 1 rings (SSSR count). The fourth-order valence-electron chi connectivity index (χ4n) is 3.13. The predicted octanol–water partition coefficient (Wildman–Crippen LogP) is 4.27. The van der Waals surface area contributed by atoms with Gasteiger partial charge < -0.3 is 19.9 Å². The molecule has 142 valence electrons. The Morgan fingerprint density at radius 1 is 1.16 bits per heavy atom. The average Bonchev–Trinajstić information content (AvgIpc) is 2.49. The third-order valence-electron chi connectivity index (χ3n) is 3.77. The Labute approximate surface area is 153 Å². The van der Waals surface area contributed by atoms with Gasteiger partial charge in [-0.05, 0) is 50.3 Å². The number of benzene rings is 1. The van der Waals surface area contributed by atoms with Gasteiger partial charge in [0, 0.05) is 12.1 Å². The first kappa shape index (κ1) is 21.5. The minimum atomic E-state index is -0.584. The fourth-order valence-corrected chi connectivity index (χ4v) is 3.13. The number of hydrogen-bond acceptors (Lipinski definition) is 4. The third kappa shape index (κ3) is 8.41. The first-order valence-electron chi connectivity index (χ1n) is 8.93. The molecule has 0 saturated heterocycles. The number of β-amino-alcohol motifs (C(OH)–C–C–N with tert-alkyl or cyclic N) is 1. The van der Waals surface area contributed by atoms with E-state index in [4.69, 9.17) is 9.47 Å². The quantitative estimate of drug-likeness (QED) is 0.699. The molecule has 0 radical (unpaired) electrons. The number of aliphatic hydroxyl groups is 1. The molecule has 1 unspecified atom stereocenters. The van der Waals surface area contributed by atoms with Crippen molar-refractivity contribution in [3.05, 3.63) is 29.8 Å². The molecule has 0 aromatic heterocycles. The van der Waals surface area contributed by atoms with Crippen molar-refractivity contribution in [3.63, 3.8) is 0 Å². The number of ether oxygens (including phenoxy) is 2. The van der Waals surface area contributed by atoms with Crippen LogP contribution in [-0.4, -0.2) is 37.0 Å². The van der Waals surface area contributed by atoms with Crippen LogP contribution in [-0.2, 0) is 0 Å². The van der Waals surface area contributed by atoms with Crippen molar-refractivity contribution >= 4 is 6.08 Å². The van der Waals surface area contributed by atoms with Gasteiger partial charge in [0.25, 0.3) is 0 Å². The summed E-state index contributed by atoms with van der Waals surface area (Å²) >= 11 is 0. The lowest BCUT2D eigenvalue weighted by atomic mass is 9.82. The number of hydrogen-bond donors (Lipinski definition) is 2. The molecule has 1 aromatic carbocycles. The molecule has 0 bridgehead atoms. The van der Waals surface area contributed by atoms with Gasteiger partial charge in [0.2, 0.25) is 0 Å². The monoisotopic (exact) mass is 349 g/mol. The summed E-state index contributed by atoms with van der Waals surface area (Å²) in [5.74, 6) is 1.31. The molecule has 1 aromatic rings. The molecule has 0 spiro atoms. The molecule has 0 aliphatic rings. The Hall–Kier alpha value is -1.52. The van der Waals surface area contributed by atoms with Crippen molar-refractivity contribution in [1.82, 2.24) is 5.32 Å². The van der Waals surface area contributed by atoms with E-state index in [1.54, 1.807) is 7.11 Å². The highest BCUT2D eigenvalue weighted by atomic mass is 16.5. The summed E-state index contributed by atoms with van der Waals surface area (Å²) in [6.45, 7) is 13.7. The van der Waals surface area contributed by atoms with E-state index in [1.807, 2.05) is 37.3 Å². The summed E-state index contributed by atoms with van der Waals surface area (Å²) in [7, 11) is 1.62. The maximum atomic E-state index is 10.2. The van der Waals surface area contributed by atoms with Gasteiger partial charge in [-0.1, -0.05) is 39.0 Å². The molecule has 1 atom stereocenters. The Kier molecular flexibility index (Phi) is 7.97. The summed E-state index contributed by atoms with van der Waals surface area (Å²) < 4.78 is 11.1. The lowest BCUT2D eigenvalue weighted by Gasteiger charge is -2.34. The summed E-state index contributed by atoms with van der Waals surface area (Å²) in [4.78, 5) is 0. The van der Waals surface area contributed by atoms with Gasteiger partial charge in [0.1, 0.15) is 12.7 Å². The zero-order valence-electron chi connectivity index (χ0n) is 16.8. The highest BCUT2D eigenvalue weighted by Crippen LogP contribution is 2.29. The Morgan fingerprint density at radius 2 is 1.84 bits per heavy atom. The first-order chi connectivity index (χ1) is 11.6. The number of rotatable bonds is 9. The van der Waals surface area contributed by atoms with Gasteiger partial charge in [-0.2, -0.15) is 0 Å². The second kappa shape index (κ2) is 9.25. The zero-order chi connectivity index (χ0) is 19.1. The van der Waals surface area contributed by atoms with E-state index in [1.165, 1.54) is 0 Å². The van der Waals surface area contributed by atoms with E-state index >= 15 is 0 Å². The lowest BCUT2D eigenvalue weighted by Crippen LogP contribution is -2.46. The molecule has 0 aliphatic heterocycles. The van der Waals surface area contributed by atoms with Crippen LogP contribution < -0.4 is 14.8 Å². The van der Waals surface area contributed by atoms with Crippen LogP contribution in [0, 0.1) is 5.41 Å². The second-order valence-corrected chi connectivity index (χ2v) is 8.38. The molecule has 4 heteroatoms. The van der Waals surface area contributed by atoms with Crippen molar-refractivity contribution in [3.8, 4) is 11.5 Å². The van der Waals surface area contributed by atoms with E-state index in [2.05, 4.69) is 39.9 Å². The molecular formula is C21H35NO3. The van der Waals surface area contributed by atoms with Crippen LogP contribution in [0.5, 0.6) is 11.5 Å². The predicted molar refractivity (Wildman–Crippen MR) is 105 cm³/mol. The van der Waals surface area contributed by atoms with Crippen LogP contribution in [0.15, 0.2) is 24.3 Å². The number of methoxy groups -OCH3 is 1. The highest BCUT2D eigenvalue weighted by Gasteiger charge is 2.25. The van der Waals surface area contributed by atoms with Gasteiger partial charge in [-0.25, -0.2) is 0 Å². The van der Waals surface area contributed by atoms with Gasteiger partial charge >= 0.3 is 0 Å². The van der Waals surface area contributed by atoms with Crippen molar-refractivity contribution in [2.75, 3.05) is 20.3 Å². The number of allylic oxidation sites excluding steroid dienone is 1.